The van der Waals surface area contributed by atoms with Crippen LogP contribution < -0.4 is 5.32 Å². The van der Waals surface area contributed by atoms with Crippen LogP contribution in [0, 0.1) is 0 Å². The van der Waals surface area contributed by atoms with Crippen molar-refractivity contribution in [3.8, 4) is 0 Å². The molecule has 0 aliphatic carbocycles. The summed E-state index contributed by atoms with van der Waals surface area (Å²) < 4.78 is 28.5. The Morgan fingerprint density at radius 1 is 1.14 bits per heavy atom. The molecule has 28 heavy (non-hydrogen) atoms. The molecule has 0 bridgehead atoms. The summed E-state index contributed by atoms with van der Waals surface area (Å²) in [6, 6.07) is 13.8. The molecule has 146 valence electrons. The number of rotatable bonds is 7. The zero-order valence-electron chi connectivity index (χ0n) is 15.4. The van der Waals surface area contributed by atoms with Crippen molar-refractivity contribution in [3.63, 3.8) is 0 Å². The van der Waals surface area contributed by atoms with Gasteiger partial charge in [0.1, 0.15) is 0 Å². The van der Waals surface area contributed by atoms with E-state index in [-0.39, 0.29) is 16.8 Å². The van der Waals surface area contributed by atoms with E-state index in [9.17, 15) is 13.2 Å². The summed E-state index contributed by atoms with van der Waals surface area (Å²) in [6.07, 6.45) is 1.49. The van der Waals surface area contributed by atoms with E-state index in [1.54, 1.807) is 30.0 Å². The lowest BCUT2D eigenvalue weighted by molar-refractivity contribution is 0.102. The molecule has 0 radical (unpaired) electrons. The Kier molecular flexibility index (Phi) is 6.15. The highest BCUT2D eigenvalue weighted by Crippen LogP contribution is 2.20. The molecule has 0 fully saturated rings. The summed E-state index contributed by atoms with van der Waals surface area (Å²) in [6.45, 7) is 2.05. The van der Waals surface area contributed by atoms with E-state index in [0.717, 1.165) is 22.5 Å². The topological polar surface area (TPSA) is 102 Å². The van der Waals surface area contributed by atoms with Crippen molar-refractivity contribution in [1.82, 2.24) is 10.2 Å². The van der Waals surface area contributed by atoms with Gasteiger partial charge in [-0.1, -0.05) is 30.2 Å². The number of sulfone groups is 1. The van der Waals surface area contributed by atoms with Crippen molar-refractivity contribution < 1.29 is 17.6 Å². The SMILES string of the molecule is CCSc1cccc(C(=O)Nc2nnc(Cc3ccc(S(C)(=O)=O)cc3)o2)c1. The molecule has 1 heterocycles. The van der Waals surface area contributed by atoms with E-state index in [2.05, 4.69) is 15.5 Å². The minimum absolute atomic E-state index is 0.0151. The molecule has 0 aliphatic heterocycles. The number of hydrogen-bond acceptors (Lipinski definition) is 7. The Balaban J connectivity index is 1.65. The lowest BCUT2D eigenvalue weighted by Gasteiger charge is -2.03. The molecule has 0 unspecified atom stereocenters. The van der Waals surface area contributed by atoms with E-state index in [4.69, 9.17) is 4.42 Å². The summed E-state index contributed by atoms with van der Waals surface area (Å²) in [5, 5.41) is 10.4. The zero-order valence-corrected chi connectivity index (χ0v) is 17.0. The molecule has 0 aliphatic rings. The molecule has 2 aromatic carbocycles. The fourth-order valence-corrected chi connectivity index (χ4v) is 3.82. The first-order chi connectivity index (χ1) is 13.3. The van der Waals surface area contributed by atoms with Crippen LogP contribution in [0.2, 0.25) is 0 Å². The number of carbonyl (C=O) groups is 1. The first kappa shape index (κ1) is 20.1. The molecule has 1 aromatic heterocycles. The molecular formula is C19H19N3O4S2. The third kappa shape index (κ3) is 5.20. The predicted molar refractivity (Wildman–Crippen MR) is 107 cm³/mol. The van der Waals surface area contributed by atoms with E-state index < -0.39 is 9.84 Å². The molecule has 0 saturated carbocycles. The van der Waals surface area contributed by atoms with Crippen LogP contribution >= 0.6 is 11.8 Å². The average Bonchev–Trinajstić information content (AvgIpc) is 3.09. The number of carbonyl (C=O) groups excluding carboxylic acids is 1. The molecule has 0 saturated heterocycles. The Labute approximate surface area is 167 Å². The molecule has 9 heteroatoms. The van der Waals surface area contributed by atoms with Crippen molar-refractivity contribution in [3.05, 3.63) is 65.5 Å². The van der Waals surface area contributed by atoms with Gasteiger partial charge in [0, 0.05) is 16.7 Å². The van der Waals surface area contributed by atoms with Crippen LogP contribution in [0.5, 0.6) is 0 Å². The molecule has 0 atom stereocenters. The van der Waals surface area contributed by atoms with Gasteiger partial charge in [-0.15, -0.1) is 16.9 Å². The van der Waals surface area contributed by atoms with Gasteiger partial charge in [-0.05, 0) is 41.6 Å². The van der Waals surface area contributed by atoms with Gasteiger partial charge in [0.25, 0.3) is 5.91 Å². The second-order valence-electron chi connectivity index (χ2n) is 6.01. The minimum atomic E-state index is -3.24. The van der Waals surface area contributed by atoms with Gasteiger partial charge in [0.2, 0.25) is 5.89 Å². The van der Waals surface area contributed by atoms with Crippen LogP contribution in [-0.2, 0) is 16.3 Å². The number of hydrogen-bond donors (Lipinski definition) is 1. The van der Waals surface area contributed by atoms with Gasteiger partial charge in [-0.2, -0.15) is 0 Å². The first-order valence-electron chi connectivity index (χ1n) is 8.51. The van der Waals surface area contributed by atoms with Crippen LogP contribution in [0.15, 0.2) is 62.7 Å². The fourth-order valence-electron chi connectivity index (χ4n) is 2.47. The van der Waals surface area contributed by atoms with E-state index in [1.165, 1.54) is 12.1 Å². The number of amides is 1. The fraction of sp³-hybridized carbons (Fsp3) is 0.211. The Morgan fingerprint density at radius 3 is 2.57 bits per heavy atom. The van der Waals surface area contributed by atoms with Gasteiger partial charge in [-0.25, -0.2) is 8.42 Å². The Hall–Kier alpha value is -2.65. The summed E-state index contributed by atoms with van der Waals surface area (Å²) in [5.74, 6) is 0.910. The van der Waals surface area contributed by atoms with Crippen LogP contribution in [0.3, 0.4) is 0 Å². The van der Waals surface area contributed by atoms with E-state index >= 15 is 0 Å². The molecule has 3 aromatic rings. The maximum absolute atomic E-state index is 12.4. The Morgan fingerprint density at radius 2 is 1.89 bits per heavy atom. The van der Waals surface area contributed by atoms with Crippen LogP contribution in [-0.4, -0.2) is 36.5 Å². The van der Waals surface area contributed by atoms with Gasteiger partial charge in [-0.3, -0.25) is 10.1 Å². The molecule has 1 amide bonds. The first-order valence-corrected chi connectivity index (χ1v) is 11.4. The molecular weight excluding hydrogens is 398 g/mol. The van der Waals surface area contributed by atoms with Crippen molar-refractivity contribution in [1.29, 1.82) is 0 Å². The summed E-state index contributed by atoms with van der Waals surface area (Å²) in [4.78, 5) is 13.6. The van der Waals surface area contributed by atoms with Crippen molar-refractivity contribution in [2.24, 2.45) is 0 Å². The lowest BCUT2D eigenvalue weighted by atomic mass is 10.1. The molecule has 1 N–H and O–H groups in total. The summed E-state index contributed by atoms with van der Waals surface area (Å²) in [5.41, 5.74) is 1.33. The molecule has 0 spiro atoms. The number of thioether (sulfide) groups is 1. The number of aromatic nitrogens is 2. The second kappa shape index (κ2) is 8.57. The minimum Gasteiger partial charge on any atom is -0.407 e. The third-order valence-electron chi connectivity index (χ3n) is 3.80. The number of nitrogens with zero attached hydrogens (tertiary/aromatic N) is 2. The number of nitrogens with one attached hydrogen (secondary N) is 1. The standard InChI is InChI=1S/C19H19N3O4S2/c1-3-27-15-6-4-5-14(12-15)18(23)20-19-22-21-17(26-19)11-13-7-9-16(10-8-13)28(2,24)25/h4-10,12H,3,11H2,1-2H3,(H,20,22,23). The monoisotopic (exact) mass is 417 g/mol. The predicted octanol–water partition coefficient (Wildman–Crippen LogP) is 3.43. The van der Waals surface area contributed by atoms with Crippen LogP contribution in [0.25, 0.3) is 0 Å². The smallest absolute Gasteiger partial charge is 0.322 e. The van der Waals surface area contributed by atoms with Crippen molar-refractivity contribution >= 4 is 33.5 Å². The van der Waals surface area contributed by atoms with E-state index in [1.807, 2.05) is 25.1 Å². The lowest BCUT2D eigenvalue weighted by Crippen LogP contribution is -2.12. The zero-order chi connectivity index (χ0) is 20.1. The highest BCUT2D eigenvalue weighted by Gasteiger charge is 2.13. The third-order valence-corrected chi connectivity index (χ3v) is 5.81. The van der Waals surface area contributed by atoms with Gasteiger partial charge < -0.3 is 4.42 Å². The second-order valence-corrected chi connectivity index (χ2v) is 9.36. The normalized spacial score (nSPS) is 11.4. The highest BCUT2D eigenvalue weighted by molar-refractivity contribution is 7.99. The van der Waals surface area contributed by atoms with Crippen LogP contribution in [0.4, 0.5) is 6.01 Å². The average molecular weight is 418 g/mol. The largest absolute Gasteiger partial charge is 0.407 e. The quantitative estimate of drug-likeness (QED) is 0.588. The van der Waals surface area contributed by atoms with Gasteiger partial charge in [0.15, 0.2) is 9.84 Å². The summed E-state index contributed by atoms with van der Waals surface area (Å²) in [7, 11) is -3.24. The molecule has 3 rings (SSSR count). The van der Waals surface area contributed by atoms with E-state index in [0.29, 0.717) is 17.9 Å². The molecule has 7 nitrogen and oxygen atoms in total. The Bertz CT molecular complexity index is 1080. The highest BCUT2D eigenvalue weighted by atomic mass is 32.2. The van der Waals surface area contributed by atoms with Crippen molar-refractivity contribution in [2.45, 2.75) is 23.1 Å². The van der Waals surface area contributed by atoms with Gasteiger partial charge in [0.05, 0.1) is 11.3 Å². The van der Waals surface area contributed by atoms with Crippen molar-refractivity contribution in [2.75, 3.05) is 17.3 Å². The maximum atomic E-state index is 12.4. The number of benzene rings is 2. The number of anilines is 1. The van der Waals surface area contributed by atoms with Crippen LogP contribution in [0.1, 0.15) is 28.7 Å². The van der Waals surface area contributed by atoms with Gasteiger partial charge >= 0.3 is 6.01 Å². The maximum Gasteiger partial charge on any atom is 0.322 e. The summed E-state index contributed by atoms with van der Waals surface area (Å²) >= 11 is 1.65.